The van der Waals surface area contributed by atoms with E-state index >= 15 is 0 Å². The van der Waals surface area contributed by atoms with Crippen LogP contribution in [0.3, 0.4) is 0 Å². The lowest BCUT2D eigenvalue weighted by Gasteiger charge is -2.05. The van der Waals surface area contributed by atoms with Crippen molar-refractivity contribution in [1.82, 2.24) is 4.57 Å². The molecular weight excluding hydrogens is 420 g/mol. The summed E-state index contributed by atoms with van der Waals surface area (Å²) in [7, 11) is -1.73. The third-order valence-corrected chi connectivity index (χ3v) is 6.64. The van der Waals surface area contributed by atoms with Crippen LogP contribution in [0.25, 0.3) is 10.2 Å². The Morgan fingerprint density at radius 1 is 1.25 bits per heavy atom. The summed E-state index contributed by atoms with van der Waals surface area (Å²) in [5, 5.41) is 0.521. The van der Waals surface area contributed by atoms with Crippen LogP contribution in [-0.2, 0) is 32.3 Å². The zero-order valence-corrected chi connectivity index (χ0v) is 17.8. The van der Waals surface area contributed by atoms with E-state index in [1.165, 1.54) is 17.6 Å². The number of thiazole rings is 1. The molecule has 0 unspecified atom stereocenters. The first kappa shape index (κ1) is 20.7. The quantitative estimate of drug-likeness (QED) is 0.592. The average molecular weight is 439 g/mol. The van der Waals surface area contributed by atoms with Crippen molar-refractivity contribution >= 4 is 48.9 Å². The fourth-order valence-electron chi connectivity index (χ4n) is 2.72. The number of carbonyl (C=O) groups is 1. The van der Waals surface area contributed by atoms with Crippen molar-refractivity contribution in [2.24, 2.45) is 4.99 Å². The molecule has 2 aromatic carbocycles. The van der Waals surface area contributed by atoms with Crippen molar-refractivity contribution < 1.29 is 17.9 Å². The van der Waals surface area contributed by atoms with Crippen LogP contribution >= 0.6 is 22.9 Å². The van der Waals surface area contributed by atoms with Crippen LogP contribution in [0.1, 0.15) is 5.56 Å². The van der Waals surface area contributed by atoms with Gasteiger partial charge in [0.1, 0.15) is 0 Å². The minimum atomic E-state index is -3.32. The summed E-state index contributed by atoms with van der Waals surface area (Å²) in [5.41, 5.74) is 1.51. The van der Waals surface area contributed by atoms with Crippen molar-refractivity contribution in [3.05, 3.63) is 57.9 Å². The Bertz CT molecular complexity index is 1200. The van der Waals surface area contributed by atoms with Crippen LogP contribution in [0, 0.1) is 0 Å². The smallest absolute Gasteiger partial charge is 0.252 e. The summed E-state index contributed by atoms with van der Waals surface area (Å²) >= 11 is 7.40. The number of methoxy groups -OCH3 is 1. The number of benzene rings is 2. The highest BCUT2D eigenvalue weighted by molar-refractivity contribution is 7.90. The van der Waals surface area contributed by atoms with Crippen LogP contribution in [0.15, 0.2) is 52.4 Å². The van der Waals surface area contributed by atoms with E-state index in [1.807, 2.05) is 10.6 Å². The van der Waals surface area contributed by atoms with Gasteiger partial charge in [-0.2, -0.15) is 4.99 Å². The maximum Gasteiger partial charge on any atom is 0.252 e. The van der Waals surface area contributed by atoms with Crippen LogP contribution in [0.4, 0.5) is 0 Å². The van der Waals surface area contributed by atoms with Gasteiger partial charge in [0.15, 0.2) is 14.6 Å². The topological polar surface area (TPSA) is 77.7 Å². The van der Waals surface area contributed by atoms with Gasteiger partial charge in [0.25, 0.3) is 5.91 Å². The first-order valence-corrected chi connectivity index (χ1v) is 11.5. The Balaban J connectivity index is 2.06. The highest BCUT2D eigenvalue weighted by Crippen LogP contribution is 2.22. The SMILES string of the molecule is COCCn1c(=NC(=O)Cc2ccccc2Cl)sc2cc(S(C)(=O)=O)ccc21. The molecule has 1 aromatic heterocycles. The van der Waals surface area contributed by atoms with Crippen LogP contribution in [0.2, 0.25) is 5.02 Å². The summed E-state index contributed by atoms with van der Waals surface area (Å²) in [6, 6.07) is 12.0. The fourth-order valence-corrected chi connectivity index (χ4v) is 4.76. The predicted molar refractivity (Wildman–Crippen MR) is 111 cm³/mol. The van der Waals surface area contributed by atoms with E-state index in [2.05, 4.69) is 4.99 Å². The van der Waals surface area contributed by atoms with Crippen molar-refractivity contribution in [3.63, 3.8) is 0 Å². The molecule has 148 valence electrons. The molecule has 0 atom stereocenters. The molecule has 0 saturated carbocycles. The molecule has 0 fully saturated rings. The van der Waals surface area contributed by atoms with Gasteiger partial charge in [-0.1, -0.05) is 41.1 Å². The molecule has 0 bridgehead atoms. The summed E-state index contributed by atoms with van der Waals surface area (Å²) in [4.78, 5) is 17.5. The van der Waals surface area contributed by atoms with Gasteiger partial charge in [-0.3, -0.25) is 4.79 Å². The number of amides is 1. The second-order valence-electron chi connectivity index (χ2n) is 6.20. The van der Waals surface area contributed by atoms with Gasteiger partial charge >= 0.3 is 0 Å². The summed E-state index contributed by atoms with van der Waals surface area (Å²) < 4.78 is 31.4. The molecule has 9 heteroatoms. The second kappa shape index (κ2) is 8.57. The molecule has 3 aromatic rings. The molecule has 28 heavy (non-hydrogen) atoms. The van der Waals surface area contributed by atoms with Gasteiger partial charge in [0, 0.05) is 24.9 Å². The number of aromatic nitrogens is 1. The standard InChI is InChI=1S/C19H19ClN2O4S2/c1-26-10-9-22-16-8-7-14(28(2,24)25)12-17(16)27-19(22)21-18(23)11-13-5-3-4-6-15(13)20/h3-8,12H,9-11H2,1-2H3. The number of rotatable bonds is 6. The number of fused-ring (bicyclic) bond motifs is 1. The van der Waals surface area contributed by atoms with E-state index in [0.717, 1.165) is 10.2 Å². The number of hydrogen-bond donors (Lipinski definition) is 0. The Morgan fingerprint density at radius 2 is 2.00 bits per heavy atom. The van der Waals surface area contributed by atoms with Gasteiger partial charge in [-0.05, 0) is 29.8 Å². The van der Waals surface area contributed by atoms with Crippen molar-refractivity contribution in [2.75, 3.05) is 20.0 Å². The van der Waals surface area contributed by atoms with E-state index in [4.69, 9.17) is 16.3 Å². The molecule has 0 spiro atoms. The molecule has 1 heterocycles. The van der Waals surface area contributed by atoms with Crippen LogP contribution < -0.4 is 4.80 Å². The van der Waals surface area contributed by atoms with E-state index in [9.17, 15) is 13.2 Å². The molecule has 3 rings (SSSR count). The maximum atomic E-state index is 12.5. The van der Waals surface area contributed by atoms with Crippen LogP contribution in [-0.4, -0.2) is 38.9 Å². The molecule has 0 saturated heterocycles. The summed E-state index contributed by atoms with van der Waals surface area (Å²) in [6.07, 6.45) is 1.26. The molecule has 1 amide bonds. The molecule has 0 N–H and O–H groups in total. The lowest BCUT2D eigenvalue weighted by molar-refractivity contribution is -0.117. The van der Waals surface area contributed by atoms with Crippen molar-refractivity contribution in [3.8, 4) is 0 Å². The number of sulfone groups is 1. The largest absolute Gasteiger partial charge is 0.383 e. The monoisotopic (exact) mass is 438 g/mol. The lowest BCUT2D eigenvalue weighted by atomic mass is 10.1. The molecule has 6 nitrogen and oxygen atoms in total. The summed E-state index contributed by atoms with van der Waals surface area (Å²) in [6.45, 7) is 0.929. The molecular formula is C19H19ClN2O4S2. The van der Waals surface area contributed by atoms with Crippen molar-refractivity contribution in [2.45, 2.75) is 17.9 Å². The van der Waals surface area contributed by atoms with E-state index < -0.39 is 9.84 Å². The van der Waals surface area contributed by atoms with Crippen LogP contribution in [0.5, 0.6) is 0 Å². The van der Waals surface area contributed by atoms with Gasteiger partial charge in [-0.15, -0.1) is 0 Å². The van der Waals surface area contributed by atoms with Gasteiger partial charge < -0.3 is 9.30 Å². The van der Waals surface area contributed by atoms with Gasteiger partial charge in [0.2, 0.25) is 0 Å². The third kappa shape index (κ3) is 4.70. The minimum Gasteiger partial charge on any atom is -0.383 e. The van der Waals surface area contributed by atoms with Crippen molar-refractivity contribution in [1.29, 1.82) is 0 Å². The fraction of sp³-hybridized carbons (Fsp3) is 0.263. The first-order valence-electron chi connectivity index (χ1n) is 8.43. The first-order chi connectivity index (χ1) is 13.3. The Labute approximate surface area is 172 Å². The number of nitrogens with zero attached hydrogens (tertiary/aromatic N) is 2. The van der Waals surface area contributed by atoms with E-state index in [0.29, 0.717) is 28.5 Å². The zero-order chi connectivity index (χ0) is 20.3. The number of carbonyl (C=O) groups excluding carboxylic acids is 1. The number of halogens is 1. The summed E-state index contributed by atoms with van der Waals surface area (Å²) in [5.74, 6) is -0.325. The number of hydrogen-bond acceptors (Lipinski definition) is 5. The average Bonchev–Trinajstić information content (AvgIpc) is 2.97. The lowest BCUT2D eigenvalue weighted by Crippen LogP contribution is -2.19. The molecule has 0 aliphatic rings. The van der Waals surface area contributed by atoms with E-state index in [-0.39, 0.29) is 17.2 Å². The normalized spacial score (nSPS) is 12.6. The number of ether oxygens (including phenoxy) is 1. The molecule has 0 aliphatic carbocycles. The van der Waals surface area contributed by atoms with Gasteiger partial charge in [-0.25, -0.2) is 8.42 Å². The Hall–Kier alpha value is -2.00. The highest BCUT2D eigenvalue weighted by atomic mass is 35.5. The maximum absolute atomic E-state index is 12.5. The van der Waals surface area contributed by atoms with E-state index in [1.54, 1.807) is 43.5 Å². The van der Waals surface area contributed by atoms with Gasteiger partial charge in [0.05, 0.1) is 28.1 Å². The predicted octanol–water partition coefficient (Wildman–Crippen LogP) is 3.08. The zero-order valence-electron chi connectivity index (χ0n) is 15.4. The molecule has 0 aliphatic heterocycles. The molecule has 0 radical (unpaired) electrons. The Morgan fingerprint density at radius 3 is 2.68 bits per heavy atom. The second-order valence-corrected chi connectivity index (χ2v) is 9.64. The highest BCUT2D eigenvalue weighted by Gasteiger charge is 2.13. The minimum absolute atomic E-state index is 0.0901. The third-order valence-electron chi connectivity index (χ3n) is 4.12. The Kier molecular flexibility index (Phi) is 6.34.